The number of hydrogen-bond donors (Lipinski definition) is 0. The van der Waals surface area contributed by atoms with Crippen LogP contribution in [0.3, 0.4) is 0 Å². The van der Waals surface area contributed by atoms with Crippen molar-refractivity contribution in [1.82, 2.24) is 0 Å². The smallest absolute Gasteiger partial charge is 1.00 e. The average Bonchev–Trinajstić information content (AvgIpc) is 2.75. The van der Waals surface area contributed by atoms with Crippen LogP contribution in [0.15, 0.2) is 48.6 Å². The van der Waals surface area contributed by atoms with E-state index in [0.717, 1.165) is 0 Å². The molecule has 0 unspecified atom stereocenters. The van der Waals surface area contributed by atoms with Gasteiger partial charge >= 0.3 is 109 Å². The van der Waals surface area contributed by atoms with Gasteiger partial charge in [-0.25, -0.2) is 0 Å². The minimum atomic E-state index is -1.52. The molecule has 0 fully saturated rings. The van der Waals surface area contributed by atoms with E-state index in [2.05, 4.69) is 75.5 Å². The van der Waals surface area contributed by atoms with Crippen molar-refractivity contribution in [3.63, 3.8) is 0 Å². The summed E-state index contributed by atoms with van der Waals surface area (Å²) in [6.45, 7) is 10.1. The van der Waals surface area contributed by atoms with Crippen LogP contribution >= 0.6 is 0 Å². The van der Waals surface area contributed by atoms with Gasteiger partial charge in [-0.3, -0.25) is 0 Å². The summed E-state index contributed by atoms with van der Waals surface area (Å²) in [6, 6.07) is 0. The van der Waals surface area contributed by atoms with Gasteiger partial charge in [0, 0.05) is 0 Å². The van der Waals surface area contributed by atoms with Gasteiger partial charge in [0.2, 0.25) is 0 Å². The maximum absolute atomic E-state index is 2.56. The second-order valence-electron chi connectivity index (χ2n) is 5.57. The van der Waals surface area contributed by atoms with Crippen LogP contribution in [0, 0.1) is 0 Å². The molecule has 0 radical (unpaired) electrons. The zero-order valence-electron chi connectivity index (χ0n) is 11.5. The second kappa shape index (κ2) is 7.51. The number of allylic oxidation sites excluding steroid dienone is 8. The fourth-order valence-corrected chi connectivity index (χ4v) is 32.0. The van der Waals surface area contributed by atoms with Gasteiger partial charge in [0.05, 0.1) is 0 Å². The molecule has 2 rings (SSSR count). The summed E-state index contributed by atoms with van der Waals surface area (Å²) in [6.07, 6.45) is 18.9. The number of hydrogen-bond acceptors (Lipinski definition) is 0. The minimum absolute atomic E-state index is 0. The van der Waals surface area contributed by atoms with Crippen molar-refractivity contribution in [3.8, 4) is 0 Å². The van der Waals surface area contributed by atoms with Crippen LogP contribution in [0.5, 0.6) is 0 Å². The molecule has 0 heterocycles. The van der Waals surface area contributed by atoms with Gasteiger partial charge in [0.15, 0.2) is 0 Å². The predicted octanol–water partition coefficient (Wildman–Crippen LogP) is -1.79. The van der Waals surface area contributed by atoms with Crippen LogP contribution in [0.1, 0.15) is 13.8 Å². The summed E-state index contributed by atoms with van der Waals surface area (Å²) in [5, 5.41) is 0. The zero-order chi connectivity index (χ0) is 11.8. The van der Waals surface area contributed by atoms with Crippen molar-refractivity contribution in [1.29, 1.82) is 0 Å². The molecule has 0 aromatic heterocycles. The molecule has 99 valence electrons. The summed E-state index contributed by atoms with van der Waals surface area (Å²) in [5.74, 6) is -0.534. The summed E-state index contributed by atoms with van der Waals surface area (Å²) >= 11 is -1.52. The van der Waals surface area contributed by atoms with Crippen molar-refractivity contribution in [2.45, 2.75) is 33.2 Å². The number of rotatable bonds is 3. The molecule has 0 aliphatic heterocycles. The monoisotopic (exact) mass is 561 g/mol. The zero-order valence-corrected chi connectivity index (χ0v) is 19.4. The fraction of sp³-hybridized carbons (Fsp3) is 0.429. The van der Waals surface area contributed by atoms with Gasteiger partial charge in [-0.2, -0.15) is 0 Å². The first-order valence-corrected chi connectivity index (χ1v) is 15.7. The van der Waals surface area contributed by atoms with E-state index in [1.54, 1.807) is 0 Å². The Morgan fingerprint density at radius 2 is 1.00 bits per heavy atom. The summed E-state index contributed by atoms with van der Waals surface area (Å²) in [5.41, 5.74) is 0. The summed E-state index contributed by atoms with van der Waals surface area (Å²) < 4.78 is 0.910. The molecule has 0 aromatic carbocycles. The molecule has 2 aliphatic rings. The third-order valence-electron chi connectivity index (χ3n) is 3.73. The quantitative estimate of drug-likeness (QED) is 0.282. The van der Waals surface area contributed by atoms with Crippen molar-refractivity contribution >= 4 is 5.92 Å². The Morgan fingerprint density at radius 1 is 0.722 bits per heavy atom. The Bertz CT molecular complexity index is 339. The van der Waals surface area contributed by atoms with Crippen LogP contribution in [-0.2, 0) is 20.9 Å². The molecule has 0 amide bonds. The van der Waals surface area contributed by atoms with Gasteiger partial charge in [-0.1, -0.05) is 0 Å². The van der Waals surface area contributed by atoms with Crippen LogP contribution in [-0.4, -0.2) is 5.92 Å². The molecule has 0 N–H and O–H groups in total. The van der Waals surface area contributed by atoms with Crippen LogP contribution in [0.4, 0.5) is 0 Å². The van der Waals surface area contributed by atoms with Crippen molar-refractivity contribution < 1.29 is 68.9 Å². The van der Waals surface area contributed by atoms with Crippen LogP contribution < -0.4 is 48.0 Å². The molecule has 2 aliphatic carbocycles. The molecular weight excluding hydrogens is 541 g/mol. The van der Waals surface area contributed by atoms with E-state index in [1.807, 2.05) is 0 Å². The fourth-order valence-electron chi connectivity index (χ4n) is 3.32. The maximum Gasteiger partial charge on any atom is -1.00 e. The summed E-state index contributed by atoms with van der Waals surface area (Å²) in [7, 11) is 0. The standard InChI is InChI=1S/2C6H7.C2H7Si.2HI.Zr/c2*1-6-4-2-3-5-6;1-3-2;;;/h2*2-5H,1H3;3H,1-2H3;2*1H;/q;;;;;+2/p-2. The Morgan fingerprint density at radius 3 is 1.22 bits per heavy atom. The van der Waals surface area contributed by atoms with Gasteiger partial charge in [-0.05, 0) is 0 Å². The molecule has 0 atom stereocenters. The molecule has 0 aromatic rings. The van der Waals surface area contributed by atoms with Crippen LogP contribution in [0.25, 0.3) is 0 Å². The van der Waals surface area contributed by atoms with Gasteiger partial charge in [0.1, 0.15) is 0 Å². The molecule has 0 spiro atoms. The van der Waals surface area contributed by atoms with Crippen molar-refractivity contribution in [3.05, 3.63) is 48.6 Å². The number of halogens is 2. The first-order valence-electron chi connectivity index (χ1n) is 6.10. The average molecular weight is 562 g/mol. The van der Waals surface area contributed by atoms with E-state index in [0.29, 0.717) is 6.25 Å². The van der Waals surface area contributed by atoms with E-state index in [-0.39, 0.29) is 48.0 Å². The van der Waals surface area contributed by atoms with Gasteiger partial charge in [0.25, 0.3) is 0 Å². The maximum atomic E-state index is 2.56. The first kappa shape index (κ1) is 19.5. The molecular formula is C14H21I2SiZr. The Labute approximate surface area is 154 Å². The van der Waals surface area contributed by atoms with E-state index >= 15 is 0 Å². The Kier molecular flexibility index (Phi) is 8.14. The Hall–Kier alpha value is 1.52. The van der Waals surface area contributed by atoms with Crippen LogP contribution in [0.2, 0.25) is 19.3 Å². The molecule has 4 heteroatoms. The van der Waals surface area contributed by atoms with Crippen molar-refractivity contribution in [2.24, 2.45) is 0 Å². The summed E-state index contributed by atoms with van der Waals surface area (Å²) in [4.78, 5) is 0. The molecule has 0 saturated carbocycles. The SMILES string of the molecule is C[SiH](C)[Zr+2]([C]1(C)C=CC=C1)[C]1(C)C=CC=C1.[I-].[I-]. The van der Waals surface area contributed by atoms with Gasteiger partial charge < -0.3 is 48.0 Å². The van der Waals surface area contributed by atoms with E-state index in [9.17, 15) is 0 Å². The third-order valence-corrected chi connectivity index (χ3v) is 28.1. The van der Waals surface area contributed by atoms with Gasteiger partial charge in [-0.15, -0.1) is 0 Å². The molecule has 0 nitrogen and oxygen atoms in total. The van der Waals surface area contributed by atoms with E-state index in [1.165, 1.54) is 0 Å². The Balaban J connectivity index is 0.00000144. The normalized spacial score (nSPS) is 20.9. The van der Waals surface area contributed by atoms with E-state index < -0.39 is 26.8 Å². The van der Waals surface area contributed by atoms with E-state index in [4.69, 9.17) is 0 Å². The largest absolute Gasteiger partial charge is 1.00 e. The molecule has 0 bridgehead atoms. The minimum Gasteiger partial charge on any atom is -1.00 e. The van der Waals surface area contributed by atoms with Crippen molar-refractivity contribution in [2.75, 3.05) is 0 Å². The topological polar surface area (TPSA) is 0 Å². The molecule has 0 saturated heterocycles. The predicted molar refractivity (Wildman–Crippen MR) is 72.2 cm³/mol. The third kappa shape index (κ3) is 3.79. The molecule has 18 heavy (non-hydrogen) atoms. The second-order valence-corrected chi connectivity index (χ2v) is 27.1. The first-order chi connectivity index (χ1) is 7.48.